The van der Waals surface area contributed by atoms with Gasteiger partial charge in [-0.3, -0.25) is 9.59 Å². The van der Waals surface area contributed by atoms with Crippen molar-refractivity contribution in [3.8, 4) is 0 Å². The fourth-order valence-electron chi connectivity index (χ4n) is 2.14. The van der Waals surface area contributed by atoms with Gasteiger partial charge in [-0.15, -0.1) is 0 Å². The van der Waals surface area contributed by atoms with Crippen LogP contribution in [0.3, 0.4) is 0 Å². The summed E-state index contributed by atoms with van der Waals surface area (Å²) in [5.74, 6) is -0.667. The summed E-state index contributed by atoms with van der Waals surface area (Å²) in [4.78, 5) is 23.7. The van der Waals surface area contributed by atoms with Crippen molar-refractivity contribution in [1.29, 1.82) is 0 Å². The molecular weight excluding hydrogens is 333 g/mol. The van der Waals surface area contributed by atoms with E-state index in [9.17, 15) is 22.8 Å². The molecule has 2 amide bonds. The number of benzene rings is 2. The molecule has 0 unspecified atom stereocenters. The number of nitrogens with one attached hydrogen (secondary N) is 2. The van der Waals surface area contributed by atoms with Crippen LogP contribution in [0.5, 0.6) is 0 Å². The van der Waals surface area contributed by atoms with Gasteiger partial charge in [-0.2, -0.15) is 13.2 Å². The van der Waals surface area contributed by atoms with Crippen LogP contribution in [0.2, 0.25) is 0 Å². The van der Waals surface area contributed by atoms with E-state index in [2.05, 4.69) is 10.6 Å². The molecule has 2 aromatic rings. The fraction of sp³-hybridized carbons (Fsp3) is 0.222. The van der Waals surface area contributed by atoms with Crippen LogP contribution >= 0.6 is 0 Å². The zero-order chi connectivity index (χ0) is 18.4. The Labute approximate surface area is 143 Å². The first-order chi connectivity index (χ1) is 11.8. The van der Waals surface area contributed by atoms with Crippen molar-refractivity contribution in [2.75, 3.05) is 10.6 Å². The summed E-state index contributed by atoms with van der Waals surface area (Å²) < 4.78 is 37.6. The smallest absolute Gasteiger partial charge is 0.326 e. The number of hydrogen-bond donors (Lipinski definition) is 2. The molecule has 0 aliphatic rings. The topological polar surface area (TPSA) is 58.2 Å². The largest absolute Gasteiger partial charge is 0.416 e. The highest BCUT2D eigenvalue weighted by molar-refractivity contribution is 6.04. The number of halogens is 3. The van der Waals surface area contributed by atoms with Crippen molar-refractivity contribution < 1.29 is 22.8 Å². The number of carbonyl (C=O) groups excluding carboxylic acids is 2. The molecule has 2 rings (SSSR count). The SMILES string of the molecule is CCCC(=O)Nc1cccc(NC(=O)c2ccc(C(F)(F)F)cc2)c1. The molecule has 0 bridgehead atoms. The van der Waals surface area contributed by atoms with Gasteiger partial charge < -0.3 is 10.6 Å². The van der Waals surface area contributed by atoms with E-state index in [0.717, 1.165) is 30.7 Å². The molecule has 0 aliphatic heterocycles. The van der Waals surface area contributed by atoms with Crippen molar-refractivity contribution in [2.45, 2.75) is 25.9 Å². The van der Waals surface area contributed by atoms with Gasteiger partial charge in [0.15, 0.2) is 0 Å². The summed E-state index contributed by atoms with van der Waals surface area (Å²) in [7, 11) is 0. The number of alkyl halides is 3. The minimum Gasteiger partial charge on any atom is -0.326 e. The first-order valence-electron chi connectivity index (χ1n) is 7.68. The maximum Gasteiger partial charge on any atom is 0.416 e. The number of carbonyl (C=O) groups is 2. The van der Waals surface area contributed by atoms with Crippen molar-refractivity contribution in [3.63, 3.8) is 0 Å². The van der Waals surface area contributed by atoms with Crippen LogP contribution in [0.15, 0.2) is 48.5 Å². The van der Waals surface area contributed by atoms with Crippen LogP contribution in [0.25, 0.3) is 0 Å². The first-order valence-corrected chi connectivity index (χ1v) is 7.68. The third-order valence-electron chi connectivity index (χ3n) is 3.36. The summed E-state index contributed by atoms with van der Waals surface area (Å²) in [5.41, 5.74) is 0.251. The van der Waals surface area contributed by atoms with Gasteiger partial charge in [-0.25, -0.2) is 0 Å². The highest BCUT2D eigenvalue weighted by Gasteiger charge is 2.30. The molecule has 2 N–H and O–H groups in total. The lowest BCUT2D eigenvalue weighted by Gasteiger charge is -2.10. The van der Waals surface area contributed by atoms with Gasteiger partial charge in [-0.05, 0) is 48.9 Å². The molecule has 0 atom stereocenters. The maximum absolute atomic E-state index is 12.5. The molecule has 0 aliphatic carbocycles. The van der Waals surface area contributed by atoms with Crippen molar-refractivity contribution >= 4 is 23.2 Å². The number of rotatable bonds is 5. The summed E-state index contributed by atoms with van der Waals surface area (Å²) >= 11 is 0. The predicted molar refractivity (Wildman–Crippen MR) is 89.4 cm³/mol. The first kappa shape index (κ1) is 18.5. The van der Waals surface area contributed by atoms with E-state index >= 15 is 0 Å². The molecule has 0 heterocycles. The van der Waals surface area contributed by atoms with E-state index in [-0.39, 0.29) is 11.5 Å². The van der Waals surface area contributed by atoms with Gasteiger partial charge in [0, 0.05) is 23.4 Å². The Morgan fingerprint density at radius 1 is 0.960 bits per heavy atom. The number of anilines is 2. The average molecular weight is 350 g/mol. The van der Waals surface area contributed by atoms with Crippen molar-refractivity contribution in [1.82, 2.24) is 0 Å². The van der Waals surface area contributed by atoms with Gasteiger partial charge in [-0.1, -0.05) is 13.0 Å². The molecule has 0 radical (unpaired) electrons. The highest BCUT2D eigenvalue weighted by Crippen LogP contribution is 2.29. The third kappa shape index (κ3) is 5.34. The predicted octanol–water partition coefficient (Wildman–Crippen LogP) is 4.70. The normalized spacial score (nSPS) is 11.0. The van der Waals surface area contributed by atoms with Crippen molar-refractivity contribution in [3.05, 3.63) is 59.7 Å². The summed E-state index contributed by atoms with van der Waals surface area (Å²) in [5, 5.41) is 5.30. The zero-order valence-corrected chi connectivity index (χ0v) is 13.5. The third-order valence-corrected chi connectivity index (χ3v) is 3.36. The number of amides is 2. The van der Waals surface area contributed by atoms with Crippen molar-refractivity contribution in [2.24, 2.45) is 0 Å². The molecule has 4 nitrogen and oxygen atoms in total. The van der Waals surface area contributed by atoms with E-state index < -0.39 is 17.6 Å². The number of hydrogen-bond acceptors (Lipinski definition) is 2. The Morgan fingerprint density at radius 3 is 2.12 bits per heavy atom. The van der Waals surface area contributed by atoms with Gasteiger partial charge in [0.2, 0.25) is 5.91 Å². The van der Waals surface area contributed by atoms with Crippen LogP contribution in [0.4, 0.5) is 24.5 Å². The van der Waals surface area contributed by atoms with Crippen LogP contribution in [0, 0.1) is 0 Å². The minimum atomic E-state index is -4.44. The molecule has 132 valence electrons. The molecule has 2 aromatic carbocycles. The van der Waals surface area contributed by atoms with E-state index in [1.807, 2.05) is 6.92 Å². The Hall–Kier alpha value is -2.83. The van der Waals surface area contributed by atoms with Crippen LogP contribution < -0.4 is 10.6 Å². The van der Waals surface area contributed by atoms with Crippen LogP contribution in [-0.4, -0.2) is 11.8 Å². The Kier molecular flexibility index (Phi) is 5.80. The lowest BCUT2D eigenvalue weighted by Crippen LogP contribution is -2.14. The minimum absolute atomic E-state index is 0.105. The molecule has 0 spiro atoms. The lowest BCUT2D eigenvalue weighted by atomic mass is 10.1. The zero-order valence-electron chi connectivity index (χ0n) is 13.5. The van der Waals surface area contributed by atoms with Gasteiger partial charge >= 0.3 is 6.18 Å². The average Bonchev–Trinajstić information content (AvgIpc) is 2.54. The Bertz CT molecular complexity index is 756. The molecular formula is C18H17F3N2O2. The quantitative estimate of drug-likeness (QED) is 0.821. The van der Waals surface area contributed by atoms with Gasteiger partial charge in [0.1, 0.15) is 0 Å². The molecule has 0 saturated carbocycles. The van der Waals surface area contributed by atoms with E-state index in [0.29, 0.717) is 17.8 Å². The van der Waals surface area contributed by atoms with Crippen LogP contribution in [0.1, 0.15) is 35.7 Å². The second-order valence-electron chi connectivity index (χ2n) is 5.41. The standard InChI is InChI=1S/C18H17F3N2O2/c1-2-4-16(24)22-14-5-3-6-15(11-14)23-17(25)12-7-9-13(10-8-12)18(19,20)21/h3,5-11H,2,4H2,1H3,(H,22,24)(H,23,25). The molecule has 0 fully saturated rings. The second kappa shape index (κ2) is 7.83. The molecule has 25 heavy (non-hydrogen) atoms. The lowest BCUT2D eigenvalue weighted by molar-refractivity contribution is -0.137. The van der Waals surface area contributed by atoms with Gasteiger partial charge in [0.25, 0.3) is 5.91 Å². The van der Waals surface area contributed by atoms with Crippen LogP contribution in [-0.2, 0) is 11.0 Å². The molecule has 0 saturated heterocycles. The van der Waals surface area contributed by atoms with E-state index in [1.165, 1.54) is 0 Å². The fourth-order valence-corrected chi connectivity index (χ4v) is 2.14. The monoisotopic (exact) mass is 350 g/mol. The molecule has 0 aromatic heterocycles. The maximum atomic E-state index is 12.5. The summed E-state index contributed by atoms with van der Waals surface area (Å²) in [6, 6.07) is 10.5. The summed E-state index contributed by atoms with van der Waals surface area (Å²) in [6.45, 7) is 1.89. The molecule has 7 heteroatoms. The highest BCUT2D eigenvalue weighted by atomic mass is 19.4. The second-order valence-corrected chi connectivity index (χ2v) is 5.41. The Morgan fingerprint density at radius 2 is 1.56 bits per heavy atom. The Balaban J connectivity index is 2.06. The summed E-state index contributed by atoms with van der Waals surface area (Å²) in [6.07, 6.45) is -3.33. The van der Waals surface area contributed by atoms with E-state index in [1.54, 1.807) is 24.3 Å². The van der Waals surface area contributed by atoms with E-state index in [4.69, 9.17) is 0 Å². The van der Waals surface area contributed by atoms with Gasteiger partial charge in [0.05, 0.1) is 5.56 Å².